The Morgan fingerprint density at radius 3 is 2.91 bits per heavy atom. The number of para-hydroxylation sites is 1. The third kappa shape index (κ3) is 3.50. The van der Waals surface area contributed by atoms with E-state index in [0.717, 1.165) is 10.6 Å². The number of hydrogen-bond donors (Lipinski definition) is 2. The Balaban J connectivity index is 1.64. The van der Waals surface area contributed by atoms with Gasteiger partial charge in [0.15, 0.2) is 0 Å². The lowest BCUT2D eigenvalue weighted by Gasteiger charge is -2.32. The van der Waals surface area contributed by atoms with Gasteiger partial charge in [0, 0.05) is 24.4 Å². The molecule has 7 heteroatoms. The maximum atomic E-state index is 12.4. The molecule has 2 amide bonds. The van der Waals surface area contributed by atoms with Crippen molar-refractivity contribution in [3.05, 3.63) is 24.3 Å². The molecule has 2 aliphatic rings. The zero-order valence-electron chi connectivity index (χ0n) is 12.5. The number of aliphatic carboxylic acids is 1. The van der Waals surface area contributed by atoms with Crippen molar-refractivity contribution in [2.45, 2.75) is 29.4 Å². The van der Waals surface area contributed by atoms with Crippen molar-refractivity contribution < 1.29 is 19.5 Å². The molecule has 2 aliphatic heterocycles. The average molecular weight is 334 g/mol. The number of amides is 2. The van der Waals surface area contributed by atoms with E-state index in [1.165, 1.54) is 11.8 Å². The van der Waals surface area contributed by atoms with Crippen molar-refractivity contribution in [3.8, 4) is 0 Å². The molecule has 2 atom stereocenters. The lowest BCUT2D eigenvalue weighted by molar-refractivity contribution is -0.146. The van der Waals surface area contributed by atoms with Crippen LogP contribution in [-0.4, -0.2) is 46.1 Å². The maximum absolute atomic E-state index is 12.4. The molecule has 23 heavy (non-hydrogen) atoms. The Morgan fingerprint density at radius 2 is 2.13 bits per heavy atom. The summed E-state index contributed by atoms with van der Waals surface area (Å²) in [5.41, 5.74) is 0.773. The van der Waals surface area contributed by atoms with E-state index in [9.17, 15) is 14.4 Å². The number of fused-ring (bicyclic) bond motifs is 1. The lowest BCUT2D eigenvalue weighted by Crippen LogP contribution is -2.44. The quantitative estimate of drug-likeness (QED) is 0.880. The molecule has 0 spiro atoms. The van der Waals surface area contributed by atoms with Crippen LogP contribution in [0.3, 0.4) is 0 Å². The second kappa shape index (κ2) is 6.62. The second-order valence-electron chi connectivity index (χ2n) is 5.81. The van der Waals surface area contributed by atoms with E-state index in [1.807, 2.05) is 24.3 Å². The van der Waals surface area contributed by atoms with Gasteiger partial charge >= 0.3 is 5.97 Å². The first-order valence-electron chi connectivity index (χ1n) is 7.61. The SMILES string of the molecule is O=C(O)[C@@H]1CCCN(C(=O)C[C@H]2Sc3ccccc3NC2=O)C1. The third-order valence-corrected chi connectivity index (χ3v) is 5.47. The molecule has 1 aromatic carbocycles. The molecule has 122 valence electrons. The highest BCUT2D eigenvalue weighted by atomic mass is 32.2. The van der Waals surface area contributed by atoms with Crippen LogP contribution in [0, 0.1) is 5.92 Å². The number of nitrogens with zero attached hydrogens (tertiary/aromatic N) is 1. The van der Waals surface area contributed by atoms with E-state index >= 15 is 0 Å². The minimum atomic E-state index is -0.860. The van der Waals surface area contributed by atoms with E-state index in [2.05, 4.69) is 5.32 Å². The van der Waals surface area contributed by atoms with Gasteiger partial charge in [0.05, 0.1) is 16.9 Å². The Kier molecular flexibility index (Phi) is 4.56. The number of anilines is 1. The zero-order valence-corrected chi connectivity index (χ0v) is 13.3. The summed E-state index contributed by atoms with van der Waals surface area (Å²) in [6.45, 7) is 0.808. The van der Waals surface area contributed by atoms with Crippen molar-refractivity contribution in [1.82, 2.24) is 4.90 Å². The summed E-state index contributed by atoms with van der Waals surface area (Å²) >= 11 is 1.39. The molecule has 2 N–H and O–H groups in total. The summed E-state index contributed by atoms with van der Waals surface area (Å²) in [6.07, 6.45) is 1.39. The molecule has 3 rings (SSSR count). The number of rotatable bonds is 3. The van der Waals surface area contributed by atoms with Crippen LogP contribution in [0.25, 0.3) is 0 Å². The van der Waals surface area contributed by atoms with Crippen LogP contribution in [0.4, 0.5) is 5.69 Å². The molecule has 1 aromatic rings. The Hall–Kier alpha value is -2.02. The van der Waals surface area contributed by atoms with Crippen LogP contribution in [0.2, 0.25) is 0 Å². The predicted molar refractivity (Wildman–Crippen MR) is 86.3 cm³/mol. The molecule has 2 heterocycles. The molecule has 0 saturated carbocycles. The fourth-order valence-corrected chi connectivity index (χ4v) is 4.02. The fraction of sp³-hybridized carbons (Fsp3) is 0.438. The van der Waals surface area contributed by atoms with Crippen molar-refractivity contribution in [3.63, 3.8) is 0 Å². The number of thioether (sulfide) groups is 1. The highest BCUT2D eigenvalue weighted by Crippen LogP contribution is 2.37. The van der Waals surface area contributed by atoms with Crippen LogP contribution in [0.5, 0.6) is 0 Å². The topological polar surface area (TPSA) is 86.7 Å². The van der Waals surface area contributed by atoms with E-state index in [-0.39, 0.29) is 24.8 Å². The number of nitrogens with one attached hydrogen (secondary N) is 1. The molecule has 0 radical (unpaired) electrons. The monoisotopic (exact) mass is 334 g/mol. The van der Waals surface area contributed by atoms with Crippen LogP contribution in [0.1, 0.15) is 19.3 Å². The van der Waals surface area contributed by atoms with Gasteiger partial charge in [-0.25, -0.2) is 0 Å². The Bertz CT molecular complexity index is 649. The molecule has 1 fully saturated rings. The van der Waals surface area contributed by atoms with Gasteiger partial charge in [0.1, 0.15) is 0 Å². The number of hydrogen-bond acceptors (Lipinski definition) is 4. The summed E-state index contributed by atoms with van der Waals surface area (Å²) in [5, 5.41) is 11.5. The zero-order chi connectivity index (χ0) is 16.4. The number of carboxylic acids is 1. The van der Waals surface area contributed by atoms with Crippen LogP contribution >= 0.6 is 11.8 Å². The van der Waals surface area contributed by atoms with Gasteiger partial charge in [-0.3, -0.25) is 14.4 Å². The molecular formula is C16H18N2O4S. The maximum Gasteiger partial charge on any atom is 0.308 e. The molecule has 0 aliphatic carbocycles. The summed E-state index contributed by atoms with van der Waals surface area (Å²) in [6, 6.07) is 7.49. The molecule has 0 bridgehead atoms. The number of likely N-dealkylation sites (tertiary alicyclic amines) is 1. The molecule has 0 aromatic heterocycles. The number of piperidine rings is 1. The van der Waals surface area contributed by atoms with Crippen LogP contribution < -0.4 is 5.32 Å². The first-order valence-corrected chi connectivity index (χ1v) is 8.49. The predicted octanol–water partition coefficient (Wildman–Crippen LogP) is 1.81. The smallest absolute Gasteiger partial charge is 0.308 e. The number of carbonyl (C=O) groups excluding carboxylic acids is 2. The second-order valence-corrected chi connectivity index (χ2v) is 7.06. The van der Waals surface area contributed by atoms with Gasteiger partial charge in [0.2, 0.25) is 11.8 Å². The highest BCUT2D eigenvalue weighted by Gasteiger charge is 2.33. The first-order chi connectivity index (χ1) is 11.0. The minimum Gasteiger partial charge on any atom is -0.481 e. The number of benzene rings is 1. The van der Waals surface area contributed by atoms with E-state index in [4.69, 9.17) is 5.11 Å². The van der Waals surface area contributed by atoms with E-state index in [0.29, 0.717) is 19.4 Å². The van der Waals surface area contributed by atoms with Gasteiger partial charge in [-0.05, 0) is 25.0 Å². The minimum absolute atomic E-state index is 0.0944. The third-order valence-electron chi connectivity index (χ3n) is 4.19. The number of carbonyl (C=O) groups is 3. The molecule has 0 unspecified atom stereocenters. The normalized spacial score (nSPS) is 23.8. The van der Waals surface area contributed by atoms with Crippen LogP contribution in [0.15, 0.2) is 29.2 Å². The Labute approximate surface area is 138 Å². The van der Waals surface area contributed by atoms with E-state index < -0.39 is 17.1 Å². The number of carboxylic acid groups (broad SMARTS) is 1. The van der Waals surface area contributed by atoms with Crippen molar-refractivity contribution in [1.29, 1.82) is 0 Å². The fourth-order valence-electron chi connectivity index (χ4n) is 2.92. The summed E-state index contributed by atoms with van der Waals surface area (Å²) in [4.78, 5) is 38.2. The van der Waals surface area contributed by atoms with Crippen molar-refractivity contribution in [2.75, 3.05) is 18.4 Å². The highest BCUT2D eigenvalue weighted by molar-refractivity contribution is 8.01. The van der Waals surface area contributed by atoms with Crippen LogP contribution in [-0.2, 0) is 14.4 Å². The summed E-state index contributed by atoms with van der Waals surface area (Å²) in [5.74, 6) is -1.68. The standard InChI is InChI=1S/C16H18N2O4S/c19-14(18-7-3-4-10(9-18)16(21)22)8-13-15(20)17-11-5-1-2-6-12(11)23-13/h1-2,5-6,10,13H,3-4,7-9H2,(H,17,20)(H,21,22)/t10-,13-/m1/s1. The largest absolute Gasteiger partial charge is 0.481 e. The molecular weight excluding hydrogens is 316 g/mol. The van der Waals surface area contributed by atoms with E-state index in [1.54, 1.807) is 4.90 Å². The van der Waals surface area contributed by atoms with Gasteiger partial charge in [0.25, 0.3) is 0 Å². The average Bonchev–Trinajstić information content (AvgIpc) is 2.55. The van der Waals surface area contributed by atoms with Crippen molar-refractivity contribution >= 4 is 35.2 Å². The van der Waals surface area contributed by atoms with Gasteiger partial charge < -0.3 is 15.3 Å². The molecule has 1 saturated heterocycles. The summed E-state index contributed by atoms with van der Waals surface area (Å²) in [7, 11) is 0. The van der Waals surface area contributed by atoms with Gasteiger partial charge in [-0.1, -0.05) is 12.1 Å². The lowest BCUT2D eigenvalue weighted by atomic mass is 9.98. The van der Waals surface area contributed by atoms with Gasteiger partial charge in [-0.15, -0.1) is 11.8 Å². The Morgan fingerprint density at radius 1 is 1.35 bits per heavy atom. The molecule has 6 nitrogen and oxygen atoms in total. The summed E-state index contributed by atoms with van der Waals surface area (Å²) < 4.78 is 0. The van der Waals surface area contributed by atoms with Gasteiger partial charge in [-0.2, -0.15) is 0 Å². The van der Waals surface area contributed by atoms with Crippen molar-refractivity contribution in [2.24, 2.45) is 5.92 Å². The first kappa shape index (κ1) is 15.9.